The predicted octanol–water partition coefficient (Wildman–Crippen LogP) is 5.01. The van der Waals surface area contributed by atoms with Gasteiger partial charge in [0.1, 0.15) is 11.6 Å². The van der Waals surface area contributed by atoms with E-state index in [2.05, 4.69) is 15.5 Å². The average Bonchev–Trinajstić information content (AvgIpc) is 3.45. The molecule has 5 aromatic rings. The fraction of sp³-hybridized carbons (Fsp3) is 0.143. The van der Waals surface area contributed by atoms with Crippen molar-refractivity contribution in [1.82, 2.24) is 20.1 Å². The quantitative estimate of drug-likeness (QED) is 0.373. The SMILES string of the molecule is COc1ccc2sc(CC(=O)NC3N=C(c4ccccc4)c4ccccc4-n4c(C)nnc43)cc2c1. The standard InChI is InChI=1S/C28H23N5O2S/c1-17-31-32-28-27(29-25(34)16-21-15-19-14-20(35-2)12-13-24(19)36-21)30-26(18-8-4-3-5-9-18)22-10-6-7-11-23(22)33(17)28/h3-15,27H,16H2,1-2H3,(H,29,34). The molecule has 7 nitrogen and oxygen atoms in total. The van der Waals surface area contributed by atoms with Crippen LogP contribution in [0, 0.1) is 6.92 Å². The number of nitrogens with zero attached hydrogens (tertiary/aromatic N) is 4. The Hall–Kier alpha value is -4.30. The maximum Gasteiger partial charge on any atom is 0.227 e. The van der Waals surface area contributed by atoms with Gasteiger partial charge in [-0.05, 0) is 42.6 Å². The van der Waals surface area contributed by atoms with Crippen molar-refractivity contribution in [1.29, 1.82) is 0 Å². The molecule has 6 rings (SSSR count). The molecule has 1 amide bonds. The van der Waals surface area contributed by atoms with Crippen LogP contribution in [0.3, 0.4) is 0 Å². The molecule has 1 atom stereocenters. The Labute approximate surface area is 212 Å². The highest BCUT2D eigenvalue weighted by Gasteiger charge is 2.29. The molecule has 1 unspecified atom stereocenters. The van der Waals surface area contributed by atoms with Crippen molar-refractivity contribution < 1.29 is 9.53 Å². The first-order valence-corrected chi connectivity index (χ1v) is 12.4. The summed E-state index contributed by atoms with van der Waals surface area (Å²) in [6.07, 6.45) is -0.440. The molecule has 36 heavy (non-hydrogen) atoms. The average molecular weight is 494 g/mol. The van der Waals surface area contributed by atoms with E-state index in [4.69, 9.17) is 9.73 Å². The number of hydrogen-bond donors (Lipinski definition) is 1. The van der Waals surface area contributed by atoms with Gasteiger partial charge in [0.05, 0.1) is 24.9 Å². The molecule has 8 heteroatoms. The molecule has 0 spiro atoms. The van der Waals surface area contributed by atoms with Gasteiger partial charge in [0.15, 0.2) is 12.0 Å². The number of methoxy groups -OCH3 is 1. The van der Waals surface area contributed by atoms with Crippen LogP contribution in [-0.4, -0.2) is 33.5 Å². The van der Waals surface area contributed by atoms with Crippen molar-refractivity contribution in [2.75, 3.05) is 7.11 Å². The van der Waals surface area contributed by atoms with E-state index in [1.807, 2.05) is 90.4 Å². The van der Waals surface area contributed by atoms with Crippen LogP contribution in [0.15, 0.2) is 83.9 Å². The van der Waals surface area contributed by atoms with Crippen LogP contribution in [0.1, 0.15) is 33.8 Å². The Morgan fingerprint density at radius 3 is 2.67 bits per heavy atom. The minimum atomic E-state index is -0.684. The minimum Gasteiger partial charge on any atom is -0.497 e. The van der Waals surface area contributed by atoms with E-state index >= 15 is 0 Å². The largest absolute Gasteiger partial charge is 0.497 e. The molecule has 0 saturated heterocycles. The topological polar surface area (TPSA) is 81.4 Å². The third kappa shape index (κ3) is 3.95. The number of aromatic nitrogens is 3. The monoisotopic (exact) mass is 493 g/mol. The smallest absolute Gasteiger partial charge is 0.227 e. The van der Waals surface area contributed by atoms with Gasteiger partial charge in [-0.2, -0.15) is 0 Å². The van der Waals surface area contributed by atoms with E-state index in [-0.39, 0.29) is 12.3 Å². The lowest BCUT2D eigenvalue weighted by molar-refractivity contribution is -0.121. The fourth-order valence-electron chi connectivity index (χ4n) is 4.55. The normalized spacial score (nSPS) is 14.5. The number of aliphatic imine (C=N–C) groups is 1. The molecule has 3 aromatic carbocycles. The zero-order valence-electron chi connectivity index (χ0n) is 19.8. The first-order valence-electron chi connectivity index (χ1n) is 11.6. The summed E-state index contributed by atoms with van der Waals surface area (Å²) in [5, 5.41) is 12.9. The highest BCUT2D eigenvalue weighted by atomic mass is 32.1. The molecular weight excluding hydrogens is 470 g/mol. The highest BCUT2D eigenvalue weighted by Crippen LogP contribution is 2.31. The summed E-state index contributed by atoms with van der Waals surface area (Å²) in [6.45, 7) is 1.91. The molecule has 1 aliphatic rings. The summed E-state index contributed by atoms with van der Waals surface area (Å²) in [4.78, 5) is 19.3. The summed E-state index contributed by atoms with van der Waals surface area (Å²) in [5.41, 5.74) is 3.67. The predicted molar refractivity (Wildman–Crippen MR) is 141 cm³/mol. The molecule has 0 radical (unpaired) electrons. The second-order valence-electron chi connectivity index (χ2n) is 8.56. The van der Waals surface area contributed by atoms with Gasteiger partial charge < -0.3 is 10.1 Å². The van der Waals surface area contributed by atoms with Crippen molar-refractivity contribution in [3.8, 4) is 11.4 Å². The second-order valence-corrected chi connectivity index (χ2v) is 9.73. The molecule has 178 valence electrons. The zero-order valence-corrected chi connectivity index (χ0v) is 20.6. The number of amides is 1. The maximum absolute atomic E-state index is 13.3. The van der Waals surface area contributed by atoms with Gasteiger partial charge in [0.25, 0.3) is 0 Å². The van der Waals surface area contributed by atoms with Crippen LogP contribution in [0.2, 0.25) is 0 Å². The number of nitrogens with one attached hydrogen (secondary N) is 1. The maximum atomic E-state index is 13.3. The minimum absolute atomic E-state index is 0.132. The number of rotatable bonds is 5. The van der Waals surface area contributed by atoms with Crippen molar-refractivity contribution in [3.05, 3.63) is 107 Å². The van der Waals surface area contributed by atoms with E-state index in [0.29, 0.717) is 5.82 Å². The van der Waals surface area contributed by atoms with E-state index in [0.717, 1.165) is 49.1 Å². The third-order valence-electron chi connectivity index (χ3n) is 6.21. The Kier molecular flexibility index (Phi) is 5.58. The summed E-state index contributed by atoms with van der Waals surface area (Å²) < 4.78 is 8.42. The van der Waals surface area contributed by atoms with Crippen molar-refractivity contribution >= 4 is 33.0 Å². The summed E-state index contributed by atoms with van der Waals surface area (Å²) in [5.74, 6) is 1.99. The number of ether oxygens (including phenoxy) is 1. The van der Waals surface area contributed by atoms with E-state index in [1.165, 1.54) is 0 Å². The number of benzene rings is 3. The van der Waals surface area contributed by atoms with Gasteiger partial charge in [-0.15, -0.1) is 21.5 Å². The van der Waals surface area contributed by atoms with E-state index in [1.54, 1.807) is 18.4 Å². The molecule has 0 aliphatic carbocycles. The Morgan fingerprint density at radius 1 is 1.03 bits per heavy atom. The lowest BCUT2D eigenvalue weighted by Crippen LogP contribution is -2.30. The first kappa shape index (κ1) is 22.2. The van der Waals surface area contributed by atoms with Crippen LogP contribution in [0.4, 0.5) is 0 Å². The number of aryl methyl sites for hydroxylation is 1. The van der Waals surface area contributed by atoms with Crippen LogP contribution >= 0.6 is 11.3 Å². The van der Waals surface area contributed by atoms with Crippen LogP contribution < -0.4 is 10.1 Å². The lowest BCUT2D eigenvalue weighted by atomic mass is 10.0. The molecule has 0 fully saturated rings. The van der Waals surface area contributed by atoms with Gasteiger partial charge in [-0.3, -0.25) is 14.4 Å². The van der Waals surface area contributed by atoms with Gasteiger partial charge in [0, 0.05) is 20.7 Å². The number of carbonyl (C=O) groups excluding carboxylic acids is 1. The van der Waals surface area contributed by atoms with Crippen molar-refractivity contribution in [2.24, 2.45) is 4.99 Å². The van der Waals surface area contributed by atoms with Crippen LogP contribution in [-0.2, 0) is 11.2 Å². The highest BCUT2D eigenvalue weighted by molar-refractivity contribution is 7.19. The van der Waals surface area contributed by atoms with Crippen molar-refractivity contribution in [2.45, 2.75) is 19.5 Å². The second kappa shape index (κ2) is 9.05. The van der Waals surface area contributed by atoms with Gasteiger partial charge in [-0.1, -0.05) is 48.5 Å². The summed E-state index contributed by atoms with van der Waals surface area (Å²) >= 11 is 1.60. The molecule has 0 bridgehead atoms. The number of fused-ring (bicyclic) bond motifs is 4. The van der Waals surface area contributed by atoms with Gasteiger partial charge in [0.2, 0.25) is 5.91 Å². The Bertz CT molecular complexity index is 1620. The number of carbonyl (C=O) groups is 1. The Morgan fingerprint density at radius 2 is 1.83 bits per heavy atom. The van der Waals surface area contributed by atoms with Gasteiger partial charge in [-0.25, -0.2) is 0 Å². The van der Waals surface area contributed by atoms with Crippen LogP contribution in [0.5, 0.6) is 5.75 Å². The Balaban J connectivity index is 1.37. The third-order valence-corrected chi connectivity index (χ3v) is 7.32. The first-order chi connectivity index (χ1) is 17.6. The number of para-hydroxylation sites is 1. The lowest BCUT2D eigenvalue weighted by Gasteiger charge is -2.14. The molecule has 0 saturated carbocycles. The van der Waals surface area contributed by atoms with E-state index < -0.39 is 6.17 Å². The molecule has 3 heterocycles. The van der Waals surface area contributed by atoms with Gasteiger partial charge >= 0.3 is 0 Å². The van der Waals surface area contributed by atoms with Crippen molar-refractivity contribution in [3.63, 3.8) is 0 Å². The number of thiophene rings is 1. The number of hydrogen-bond acceptors (Lipinski definition) is 6. The molecular formula is C28H23N5O2S. The summed E-state index contributed by atoms with van der Waals surface area (Å²) in [6, 6.07) is 26.0. The van der Waals surface area contributed by atoms with E-state index in [9.17, 15) is 4.79 Å². The summed E-state index contributed by atoms with van der Waals surface area (Å²) in [7, 11) is 1.65. The molecule has 1 aliphatic heterocycles. The zero-order chi connectivity index (χ0) is 24.6. The fourth-order valence-corrected chi connectivity index (χ4v) is 5.60. The molecule has 1 N–H and O–H groups in total. The molecule has 2 aromatic heterocycles. The van der Waals surface area contributed by atoms with Crippen LogP contribution in [0.25, 0.3) is 15.8 Å².